The minimum Gasteiger partial charge on any atom is -0.382 e. The molecule has 5 nitrogen and oxygen atoms in total. The Bertz CT molecular complexity index is 151. The number of hydrogen-bond acceptors (Lipinski definition) is 4. The van der Waals surface area contributed by atoms with Gasteiger partial charge in [0.1, 0.15) is 6.61 Å². The maximum atomic E-state index is 11.1. The van der Waals surface area contributed by atoms with Gasteiger partial charge in [-0.2, -0.15) is 0 Å². The molecule has 0 heterocycles. The van der Waals surface area contributed by atoms with Crippen molar-refractivity contribution in [3.05, 3.63) is 0 Å². The molecule has 0 aromatic heterocycles. The van der Waals surface area contributed by atoms with Crippen LogP contribution in [0.5, 0.6) is 0 Å². The average Bonchev–Trinajstić information content (AvgIpc) is 2.12. The van der Waals surface area contributed by atoms with Crippen LogP contribution < -0.4 is 11.1 Å². The number of hydrogen-bond donors (Lipinski definition) is 2. The monoisotopic (exact) mass is 204 g/mol. The van der Waals surface area contributed by atoms with Gasteiger partial charge in [-0.1, -0.05) is 0 Å². The highest BCUT2D eigenvalue weighted by molar-refractivity contribution is 5.77. The second-order valence-electron chi connectivity index (χ2n) is 3.16. The molecular weight excluding hydrogens is 184 g/mol. The first kappa shape index (κ1) is 13.4. The van der Waals surface area contributed by atoms with Gasteiger partial charge in [0.05, 0.1) is 13.2 Å². The van der Waals surface area contributed by atoms with E-state index in [2.05, 4.69) is 5.32 Å². The van der Waals surface area contributed by atoms with Crippen molar-refractivity contribution in [2.45, 2.75) is 19.4 Å². The Morgan fingerprint density at radius 2 is 2.21 bits per heavy atom. The van der Waals surface area contributed by atoms with E-state index in [9.17, 15) is 4.79 Å². The van der Waals surface area contributed by atoms with Crippen LogP contribution in [0.2, 0.25) is 0 Å². The minimum atomic E-state index is -0.109. The molecule has 1 unspecified atom stereocenters. The summed E-state index contributed by atoms with van der Waals surface area (Å²) in [5.41, 5.74) is 5.52. The van der Waals surface area contributed by atoms with Crippen LogP contribution in [0, 0.1) is 0 Å². The number of carbonyl (C=O) groups is 1. The second kappa shape index (κ2) is 8.93. The van der Waals surface area contributed by atoms with Crippen molar-refractivity contribution in [2.75, 3.05) is 33.5 Å². The predicted octanol–water partition coefficient (Wildman–Crippen LogP) is -0.497. The average molecular weight is 204 g/mol. The van der Waals surface area contributed by atoms with Crippen molar-refractivity contribution in [2.24, 2.45) is 5.73 Å². The third-order valence-electron chi connectivity index (χ3n) is 1.59. The number of rotatable bonds is 8. The maximum Gasteiger partial charge on any atom is 0.246 e. The molecule has 84 valence electrons. The van der Waals surface area contributed by atoms with E-state index in [1.807, 2.05) is 6.92 Å². The van der Waals surface area contributed by atoms with Crippen LogP contribution in [-0.2, 0) is 14.3 Å². The number of nitrogens with one attached hydrogen (secondary N) is 1. The van der Waals surface area contributed by atoms with Crippen LogP contribution in [0.25, 0.3) is 0 Å². The first-order valence-electron chi connectivity index (χ1n) is 4.75. The first-order chi connectivity index (χ1) is 6.66. The van der Waals surface area contributed by atoms with E-state index in [4.69, 9.17) is 15.2 Å². The molecule has 0 bridgehead atoms. The summed E-state index contributed by atoms with van der Waals surface area (Å²) in [6.45, 7) is 3.54. The Balaban J connectivity index is 3.20. The van der Waals surface area contributed by atoms with Gasteiger partial charge in [0.2, 0.25) is 5.91 Å². The van der Waals surface area contributed by atoms with E-state index in [-0.39, 0.29) is 18.6 Å². The molecule has 3 N–H and O–H groups in total. The largest absolute Gasteiger partial charge is 0.382 e. The number of carbonyl (C=O) groups excluding carboxylic acids is 1. The molecular formula is C9H20N2O3. The molecule has 0 aliphatic carbocycles. The third kappa shape index (κ3) is 9.44. The molecule has 1 amide bonds. The highest BCUT2D eigenvalue weighted by Gasteiger charge is 2.00. The lowest BCUT2D eigenvalue weighted by atomic mass is 10.2. The Morgan fingerprint density at radius 1 is 1.50 bits per heavy atom. The van der Waals surface area contributed by atoms with Crippen LogP contribution in [0.4, 0.5) is 0 Å². The van der Waals surface area contributed by atoms with Crippen molar-refractivity contribution in [3.63, 3.8) is 0 Å². The van der Waals surface area contributed by atoms with Gasteiger partial charge in [-0.25, -0.2) is 0 Å². The summed E-state index contributed by atoms with van der Waals surface area (Å²) in [7, 11) is 1.59. The van der Waals surface area contributed by atoms with Gasteiger partial charge in [-0.3, -0.25) is 4.79 Å². The van der Waals surface area contributed by atoms with Gasteiger partial charge >= 0.3 is 0 Å². The summed E-state index contributed by atoms with van der Waals surface area (Å²) in [6, 6.07) is 0.115. The lowest BCUT2D eigenvalue weighted by molar-refractivity contribution is -0.126. The predicted molar refractivity (Wildman–Crippen MR) is 54.0 cm³/mol. The van der Waals surface area contributed by atoms with Gasteiger partial charge < -0.3 is 20.5 Å². The maximum absolute atomic E-state index is 11.1. The molecule has 0 aliphatic heterocycles. The summed E-state index contributed by atoms with van der Waals surface area (Å²) >= 11 is 0. The van der Waals surface area contributed by atoms with Crippen molar-refractivity contribution in [1.29, 1.82) is 0 Å². The summed E-state index contributed by atoms with van der Waals surface area (Å²) in [5.74, 6) is -0.109. The van der Waals surface area contributed by atoms with E-state index in [1.165, 1.54) is 0 Å². The van der Waals surface area contributed by atoms with Crippen molar-refractivity contribution in [1.82, 2.24) is 5.32 Å². The molecule has 0 saturated carbocycles. The molecule has 0 aliphatic rings. The lowest BCUT2D eigenvalue weighted by Gasteiger charge is -2.07. The highest BCUT2D eigenvalue weighted by atomic mass is 16.5. The topological polar surface area (TPSA) is 73.6 Å². The van der Waals surface area contributed by atoms with Gasteiger partial charge in [0, 0.05) is 19.7 Å². The minimum absolute atomic E-state index is 0.0856. The first-order valence-corrected chi connectivity index (χ1v) is 4.75. The molecule has 0 aromatic carbocycles. The van der Waals surface area contributed by atoms with Crippen molar-refractivity contribution in [3.8, 4) is 0 Å². The van der Waals surface area contributed by atoms with E-state index >= 15 is 0 Å². The fourth-order valence-corrected chi connectivity index (χ4v) is 0.797. The zero-order valence-corrected chi connectivity index (χ0v) is 8.91. The standard InChI is InChI=1S/C9H20N2O3/c1-8(10)3-4-11-9(12)7-14-6-5-13-2/h8H,3-7,10H2,1-2H3,(H,11,12). The van der Waals surface area contributed by atoms with Crippen LogP contribution in [-0.4, -0.2) is 45.4 Å². The van der Waals surface area contributed by atoms with E-state index in [0.29, 0.717) is 19.8 Å². The lowest BCUT2D eigenvalue weighted by Crippen LogP contribution is -2.31. The molecule has 1 atom stereocenters. The van der Waals surface area contributed by atoms with Crippen LogP contribution in [0.3, 0.4) is 0 Å². The SMILES string of the molecule is COCCOCC(=O)NCCC(C)N. The van der Waals surface area contributed by atoms with E-state index < -0.39 is 0 Å². The zero-order chi connectivity index (χ0) is 10.8. The van der Waals surface area contributed by atoms with Gasteiger partial charge in [-0.15, -0.1) is 0 Å². The molecule has 0 saturated heterocycles. The molecule has 0 spiro atoms. The zero-order valence-electron chi connectivity index (χ0n) is 8.91. The Kier molecular flexibility index (Phi) is 8.51. The fourth-order valence-electron chi connectivity index (χ4n) is 0.797. The third-order valence-corrected chi connectivity index (χ3v) is 1.59. The number of methoxy groups -OCH3 is 1. The van der Waals surface area contributed by atoms with Crippen LogP contribution in [0.15, 0.2) is 0 Å². The Morgan fingerprint density at radius 3 is 2.79 bits per heavy atom. The second-order valence-corrected chi connectivity index (χ2v) is 3.16. The normalized spacial score (nSPS) is 12.5. The van der Waals surface area contributed by atoms with E-state index in [0.717, 1.165) is 6.42 Å². The Labute approximate surface area is 84.9 Å². The molecule has 0 rings (SSSR count). The van der Waals surface area contributed by atoms with E-state index in [1.54, 1.807) is 7.11 Å². The smallest absolute Gasteiger partial charge is 0.246 e. The van der Waals surface area contributed by atoms with Crippen molar-refractivity contribution < 1.29 is 14.3 Å². The molecule has 14 heavy (non-hydrogen) atoms. The van der Waals surface area contributed by atoms with Gasteiger partial charge in [0.25, 0.3) is 0 Å². The molecule has 0 radical (unpaired) electrons. The quantitative estimate of drug-likeness (QED) is 0.523. The summed E-state index contributed by atoms with van der Waals surface area (Å²) in [6.07, 6.45) is 0.782. The number of ether oxygens (including phenoxy) is 2. The van der Waals surface area contributed by atoms with Crippen LogP contribution in [0.1, 0.15) is 13.3 Å². The highest BCUT2D eigenvalue weighted by Crippen LogP contribution is 1.83. The van der Waals surface area contributed by atoms with Gasteiger partial charge in [-0.05, 0) is 13.3 Å². The summed E-state index contributed by atoms with van der Waals surface area (Å²) in [4.78, 5) is 11.1. The number of amides is 1. The number of nitrogens with two attached hydrogens (primary N) is 1. The Hall–Kier alpha value is -0.650. The molecule has 0 fully saturated rings. The van der Waals surface area contributed by atoms with Gasteiger partial charge in [0.15, 0.2) is 0 Å². The van der Waals surface area contributed by atoms with Crippen LogP contribution >= 0.6 is 0 Å². The van der Waals surface area contributed by atoms with Crippen molar-refractivity contribution >= 4 is 5.91 Å². The molecule has 5 heteroatoms. The molecule has 0 aromatic rings. The fraction of sp³-hybridized carbons (Fsp3) is 0.889. The summed E-state index contributed by atoms with van der Waals surface area (Å²) in [5, 5.41) is 2.71. The summed E-state index contributed by atoms with van der Waals surface area (Å²) < 4.78 is 9.79.